The fourth-order valence-electron chi connectivity index (χ4n) is 5.54. The number of benzene rings is 2. The molecular formula is C31H37N5O5. The first kappa shape index (κ1) is 28.5. The Bertz CT molecular complexity index is 1350. The van der Waals surface area contributed by atoms with E-state index in [2.05, 4.69) is 26.3 Å². The number of hydrogen-bond acceptors (Lipinski definition) is 6. The first-order valence-corrected chi connectivity index (χ1v) is 14.3. The average Bonchev–Trinajstić information content (AvgIpc) is 3.58. The number of amides is 3. The van der Waals surface area contributed by atoms with E-state index in [1.54, 1.807) is 6.07 Å². The number of H-pyrrole nitrogens is 1. The third-order valence-corrected chi connectivity index (χ3v) is 8.20. The molecule has 2 aliphatic rings. The predicted octanol–water partition coefficient (Wildman–Crippen LogP) is 2.14. The molecule has 6 N–H and O–H groups in total. The molecule has 41 heavy (non-hydrogen) atoms. The van der Waals surface area contributed by atoms with Gasteiger partial charge >= 0.3 is 0 Å². The van der Waals surface area contributed by atoms with E-state index < -0.39 is 41.8 Å². The molecule has 216 valence electrons. The van der Waals surface area contributed by atoms with Crippen molar-refractivity contribution in [3.63, 3.8) is 0 Å². The zero-order chi connectivity index (χ0) is 28.8. The third kappa shape index (κ3) is 7.20. The van der Waals surface area contributed by atoms with Crippen LogP contribution in [0.1, 0.15) is 54.6 Å². The molecule has 3 amide bonds. The molecule has 2 aromatic carbocycles. The molecule has 1 saturated carbocycles. The van der Waals surface area contributed by atoms with Gasteiger partial charge in [0, 0.05) is 23.4 Å². The molecule has 1 aliphatic carbocycles. The van der Waals surface area contributed by atoms with Gasteiger partial charge in [0.2, 0.25) is 11.7 Å². The van der Waals surface area contributed by atoms with E-state index in [4.69, 9.17) is 0 Å². The number of carbonyl (C=O) groups is 4. The standard InChI is InChI=1S/C31H37N5O5/c37-27(31(41)33-18-20-7-2-1-3-8-20)24(17-22-13-14-32-28(22)38)35-29(39)25(15-19-9-6-10-19)36-30(40)26-16-21-11-4-5-12-23(21)34-26/h1-5,7-8,11-12,16,19,22,24-25,28,32,34,38H,6,9-10,13-15,17-18H2,(H,33,41)(H,35,39)(H,36,40)/t22-,24-,25-,28?/m0/s1. The molecule has 1 aliphatic heterocycles. The highest BCUT2D eigenvalue weighted by molar-refractivity contribution is 6.38. The molecule has 0 radical (unpaired) electrons. The minimum Gasteiger partial charge on any atom is -0.378 e. The number of ketones is 1. The fraction of sp³-hybridized carbons (Fsp3) is 0.419. The average molecular weight is 560 g/mol. The van der Waals surface area contributed by atoms with Crippen LogP contribution in [-0.2, 0) is 20.9 Å². The van der Waals surface area contributed by atoms with E-state index in [9.17, 15) is 24.3 Å². The van der Waals surface area contributed by atoms with Crippen LogP contribution in [0, 0.1) is 11.8 Å². The summed E-state index contributed by atoms with van der Waals surface area (Å²) in [5, 5.41) is 22.4. The predicted molar refractivity (Wildman–Crippen MR) is 153 cm³/mol. The molecule has 4 atom stereocenters. The molecule has 3 aromatic rings. The minimum atomic E-state index is -1.15. The maximum atomic E-state index is 13.6. The number of Topliss-reactive ketones (excluding diaryl/α,β-unsaturated/α-hetero) is 1. The third-order valence-electron chi connectivity index (χ3n) is 8.20. The van der Waals surface area contributed by atoms with Crippen molar-refractivity contribution < 1.29 is 24.3 Å². The highest BCUT2D eigenvalue weighted by atomic mass is 16.3. The van der Waals surface area contributed by atoms with Crippen LogP contribution in [0.25, 0.3) is 10.9 Å². The molecular weight excluding hydrogens is 522 g/mol. The molecule has 0 spiro atoms. The van der Waals surface area contributed by atoms with E-state index in [1.165, 1.54) is 0 Å². The SMILES string of the molecule is O=C(NCc1ccccc1)C(=O)[C@H](C[C@@H]1CCNC1O)NC(=O)[C@H](CC1CCC1)NC(=O)c1cc2ccccc2[nH]1. The van der Waals surface area contributed by atoms with Crippen LogP contribution < -0.4 is 21.3 Å². The topological polar surface area (TPSA) is 152 Å². The largest absolute Gasteiger partial charge is 0.378 e. The highest BCUT2D eigenvalue weighted by Crippen LogP contribution is 2.31. The molecule has 2 heterocycles. The normalized spacial score (nSPS) is 20.1. The molecule has 1 aromatic heterocycles. The molecule has 1 saturated heterocycles. The molecule has 0 bridgehead atoms. The van der Waals surface area contributed by atoms with Gasteiger partial charge in [0.05, 0.1) is 6.04 Å². The number of nitrogens with one attached hydrogen (secondary N) is 5. The van der Waals surface area contributed by atoms with E-state index in [0.717, 1.165) is 35.7 Å². The number of aliphatic hydroxyl groups excluding tert-OH is 1. The van der Waals surface area contributed by atoms with Crippen LogP contribution >= 0.6 is 0 Å². The van der Waals surface area contributed by atoms with Crippen LogP contribution in [0.4, 0.5) is 0 Å². The number of para-hydroxylation sites is 1. The lowest BCUT2D eigenvalue weighted by atomic mass is 9.80. The minimum absolute atomic E-state index is 0.101. The summed E-state index contributed by atoms with van der Waals surface area (Å²) in [6.45, 7) is 0.746. The van der Waals surface area contributed by atoms with Crippen molar-refractivity contribution in [2.45, 2.75) is 63.4 Å². The van der Waals surface area contributed by atoms with Gasteiger partial charge in [0.25, 0.3) is 11.8 Å². The number of aromatic nitrogens is 1. The second kappa shape index (κ2) is 13.1. The molecule has 1 unspecified atom stereocenters. The van der Waals surface area contributed by atoms with E-state index >= 15 is 0 Å². The summed E-state index contributed by atoms with van der Waals surface area (Å²) in [5.74, 6) is -2.54. The van der Waals surface area contributed by atoms with Gasteiger partial charge in [-0.2, -0.15) is 0 Å². The van der Waals surface area contributed by atoms with Gasteiger partial charge in [0.15, 0.2) is 0 Å². The smallest absolute Gasteiger partial charge is 0.289 e. The Labute approximate surface area is 238 Å². The number of aromatic amines is 1. The van der Waals surface area contributed by atoms with Gasteiger partial charge in [-0.15, -0.1) is 0 Å². The van der Waals surface area contributed by atoms with Crippen molar-refractivity contribution in [1.29, 1.82) is 0 Å². The lowest BCUT2D eigenvalue weighted by Crippen LogP contribution is -2.55. The van der Waals surface area contributed by atoms with Gasteiger partial charge in [-0.3, -0.25) is 24.5 Å². The van der Waals surface area contributed by atoms with E-state index in [-0.39, 0.29) is 24.8 Å². The summed E-state index contributed by atoms with van der Waals surface area (Å²) in [7, 11) is 0. The summed E-state index contributed by atoms with van der Waals surface area (Å²) in [4.78, 5) is 56.1. The van der Waals surface area contributed by atoms with Crippen molar-refractivity contribution >= 4 is 34.4 Å². The first-order chi connectivity index (χ1) is 19.9. The molecule has 10 heteroatoms. The number of fused-ring (bicyclic) bond motifs is 1. The van der Waals surface area contributed by atoms with Gasteiger partial charge in [0.1, 0.15) is 18.0 Å². The Morgan fingerprint density at radius 2 is 1.66 bits per heavy atom. The van der Waals surface area contributed by atoms with E-state index in [1.807, 2.05) is 54.6 Å². The summed E-state index contributed by atoms with van der Waals surface area (Å²) in [6, 6.07) is 16.5. The maximum Gasteiger partial charge on any atom is 0.289 e. The summed E-state index contributed by atoms with van der Waals surface area (Å²) in [6.07, 6.45) is 3.32. The highest BCUT2D eigenvalue weighted by Gasteiger charge is 2.36. The number of hydrogen-bond donors (Lipinski definition) is 6. The lowest BCUT2D eigenvalue weighted by molar-refractivity contribution is -0.140. The van der Waals surface area contributed by atoms with Crippen molar-refractivity contribution in [2.24, 2.45) is 11.8 Å². The van der Waals surface area contributed by atoms with Gasteiger partial charge < -0.3 is 26.0 Å². The maximum absolute atomic E-state index is 13.6. The molecule has 2 fully saturated rings. The Morgan fingerprint density at radius 3 is 2.34 bits per heavy atom. The zero-order valence-corrected chi connectivity index (χ0v) is 22.9. The summed E-state index contributed by atoms with van der Waals surface area (Å²) < 4.78 is 0. The van der Waals surface area contributed by atoms with E-state index in [0.29, 0.717) is 25.1 Å². The number of aliphatic hydroxyl groups is 1. The Hall–Kier alpha value is -4.02. The van der Waals surface area contributed by atoms with Crippen molar-refractivity contribution in [3.05, 3.63) is 71.9 Å². The van der Waals surface area contributed by atoms with Crippen LogP contribution in [-0.4, -0.2) is 58.5 Å². The van der Waals surface area contributed by atoms with Crippen LogP contribution in [0.3, 0.4) is 0 Å². The van der Waals surface area contributed by atoms with Gasteiger partial charge in [-0.05, 0) is 49.4 Å². The summed E-state index contributed by atoms with van der Waals surface area (Å²) >= 11 is 0. The summed E-state index contributed by atoms with van der Waals surface area (Å²) in [5.41, 5.74) is 1.99. The fourth-order valence-corrected chi connectivity index (χ4v) is 5.54. The second-order valence-corrected chi connectivity index (χ2v) is 11.1. The Balaban J connectivity index is 1.29. The van der Waals surface area contributed by atoms with Gasteiger partial charge in [-0.25, -0.2) is 0 Å². The Morgan fingerprint density at radius 1 is 0.902 bits per heavy atom. The lowest BCUT2D eigenvalue weighted by Gasteiger charge is -2.30. The van der Waals surface area contributed by atoms with Crippen molar-refractivity contribution in [1.82, 2.24) is 26.3 Å². The van der Waals surface area contributed by atoms with Crippen LogP contribution in [0.15, 0.2) is 60.7 Å². The zero-order valence-electron chi connectivity index (χ0n) is 22.9. The molecule has 10 nitrogen and oxygen atoms in total. The second-order valence-electron chi connectivity index (χ2n) is 11.1. The van der Waals surface area contributed by atoms with Crippen molar-refractivity contribution in [3.8, 4) is 0 Å². The number of rotatable bonds is 12. The Kier molecular flexibility index (Phi) is 9.11. The quantitative estimate of drug-likeness (QED) is 0.187. The number of carbonyl (C=O) groups excluding carboxylic acids is 4. The monoisotopic (exact) mass is 559 g/mol. The van der Waals surface area contributed by atoms with Crippen LogP contribution in [0.2, 0.25) is 0 Å². The first-order valence-electron chi connectivity index (χ1n) is 14.3. The van der Waals surface area contributed by atoms with Gasteiger partial charge in [-0.1, -0.05) is 67.8 Å². The molecule has 5 rings (SSSR count). The van der Waals surface area contributed by atoms with Crippen molar-refractivity contribution in [2.75, 3.05) is 6.54 Å². The van der Waals surface area contributed by atoms with Crippen LogP contribution in [0.5, 0.6) is 0 Å².